The van der Waals surface area contributed by atoms with Gasteiger partial charge in [-0.2, -0.15) is 0 Å². The molecule has 118 valence electrons. The molecule has 0 bridgehead atoms. The van der Waals surface area contributed by atoms with E-state index in [9.17, 15) is 13.2 Å². The lowest BCUT2D eigenvalue weighted by molar-refractivity contribution is -0.128. The van der Waals surface area contributed by atoms with Gasteiger partial charge in [-0.05, 0) is 43.5 Å². The number of amides is 1. The van der Waals surface area contributed by atoms with Crippen LogP contribution in [0, 0.1) is 20.8 Å². The fourth-order valence-electron chi connectivity index (χ4n) is 2.03. The maximum atomic E-state index is 12.4. The summed E-state index contributed by atoms with van der Waals surface area (Å²) in [4.78, 5) is 13.1. The molecule has 0 heterocycles. The largest absolute Gasteiger partial charge is 0.398 e. The van der Waals surface area contributed by atoms with Gasteiger partial charge in [0.1, 0.15) is 0 Å². The van der Waals surface area contributed by atoms with Gasteiger partial charge in [0.2, 0.25) is 15.9 Å². The number of anilines is 1. The molecule has 21 heavy (non-hydrogen) atoms. The van der Waals surface area contributed by atoms with Crippen LogP contribution in [-0.4, -0.2) is 39.9 Å². The highest BCUT2D eigenvalue weighted by Gasteiger charge is 2.22. The van der Waals surface area contributed by atoms with Gasteiger partial charge in [0.25, 0.3) is 0 Å². The zero-order valence-corrected chi connectivity index (χ0v) is 14.0. The zero-order chi connectivity index (χ0) is 16.4. The van der Waals surface area contributed by atoms with Crippen LogP contribution < -0.4 is 10.5 Å². The highest BCUT2D eigenvalue weighted by molar-refractivity contribution is 7.89. The summed E-state index contributed by atoms with van der Waals surface area (Å²) in [7, 11) is -0.426. The topological polar surface area (TPSA) is 92.5 Å². The Balaban J connectivity index is 3.02. The van der Waals surface area contributed by atoms with Gasteiger partial charge in [0.05, 0.1) is 4.90 Å². The Hall–Kier alpha value is -1.60. The smallest absolute Gasteiger partial charge is 0.241 e. The van der Waals surface area contributed by atoms with Gasteiger partial charge in [0.15, 0.2) is 0 Å². The van der Waals surface area contributed by atoms with Crippen LogP contribution in [0.5, 0.6) is 0 Å². The number of sulfonamides is 1. The van der Waals surface area contributed by atoms with Crippen molar-refractivity contribution in [1.29, 1.82) is 0 Å². The van der Waals surface area contributed by atoms with Crippen molar-refractivity contribution in [2.75, 3.05) is 26.4 Å². The van der Waals surface area contributed by atoms with Crippen LogP contribution >= 0.6 is 0 Å². The van der Waals surface area contributed by atoms with Gasteiger partial charge >= 0.3 is 0 Å². The van der Waals surface area contributed by atoms with E-state index in [-0.39, 0.29) is 23.8 Å². The lowest BCUT2D eigenvalue weighted by Crippen LogP contribution is -2.31. The lowest BCUT2D eigenvalue weighted by atomic mass is 10.1. The average molecular weight is 313 g/mol. The number of nitrogens with one attached hydrogen (secondary N) is 1. The Kier molecular flexibility index (Phi) is 5.36. The molecule has 0 saturated carbocycles. The molecule has 1 rings (SSSR count). The number of rotatable bonds is 5. The molecule has 0 aromatic heterocycles. The van der Waals surface area contributed by atoms with Crippen LogP contribution in [0.1, 0.15) is 23.1 Å². The van der Waals surface area contributed by atoms with E-state index in [4.69, 9.17) is 5.73 Å². The summed E-state index contributed by atoms with van der Waals surface area (Å²) in [6.07, 6.45) is 0.117. The zero-order valence-electron chi connectivity index (χ0n) is 13.1. The molecule has 3 N–H and O–H groups in total. The summed E-state index contributed by atoms with van der Waals surface area (Å²) in [6, 6.07) is 1.76. The predicted octanol–water partition coefficient (Wildman–Crippen LogP) is 0.951. The first-order chi connectivity index (χ1) is 9.58. The van der Waals surface area contributed by atoms with Gasteiger partial charge in [-0.1, -0.05) is 0 Å². The second-order valence-corrected chi connectivity index (χ2v) is 7.00. The molecule has 1 aromatic carbocycles. The second kappa shape index (κ2) is 6.44. The van der Waals surface area contributed by atoms with Crippen LogP contribution in [0.3, 0.4) is 0 Å². The SMILES string of the molecule is Cc1cc(N)c(C)c(S(=O)(=O)NCCC(=O)N(C)C)c1C. The minimum Gasteiger partial charge on any atom is -0.398 e. The van der Waals surface area contributed by atoms with Crippen molar-refractivity contribution in [3.8, 4) is 0 Å². The maximum absolute atomic E-state index is 12.4. The Bertz CT molecular complexity index is 626. The molecule has 0 aliphatic carbocycles. The number of carbonyl (C=O) groups excluding carboxylic acids is 1. The third kappa shape index (κ3) is 3.95. The second-order valence-electron chi connectivity index (χ2n) is 5.30. The van der Waals surface area contributed by atoms with Gasteiger partial charge in [-0.15, -0.1) is 0 Å². The molecule has 0 fully saturated rings. The molecule has 0 aliphatic rings. The molecule has 1 aromatic rings. The number of aryl methyl sites for hydroxylation is 1. The molecule has 0 atom stereocenters. The van der Waals surface area contributed by atoms with Crippen LogP contribution in [0.25, 0.3) is 0 Å². The van der Waals surface area contributed by atoms with Gasteiger partial charge in [0, 0.05) is 32.7 Å². The molecule has 6 nitrogen and oxygen atoms in total. The Morgan fingerprint density at radius 2 is 1.81 bits per heavy atom. The standard InChI is InChI=1S/C14H23N3O3S/c1-9-8-12(15)11(3)14(10(9)2)21(19,20)16-7-6-13(18)17(4)5/h8,16H,6-7,15H2,1-5H3. The maximum Gasteiger partial charge on any atom is 0.241 e. The van der Waals surface area contributed by atoms with Gasteiger partial charge < -0.3 is 10.6 Å². The fraction of sp³-hybridized carbons (Fsp3) is 0.500. The molecular weight excluding hydrogens is 290 g/mol. The minimum atomic E-state index is -3.69. The average Bonchev–Trinajstić information content (AvgIpc) is 2.35. The van der Waals surface area contributed by atoms with E-state index in [1.807, 2.05) is 6.92 Å². The molecule has 1 amide bonds. The number of nitrogens with two attached hydrogens (primary N) is 1. The summed E-state index contributed by atoms with van der Waals surface area (Å²) in [5.41, 5.74) is 8.33. The van der Waals surface area contributed by atoms with Crippen molar-refractivity contribution >= 4 is 21.6 Å². The van der Waals surface area contributed by atoms with E-state index in [2.05, 4.69) is 4.72 Å². The van der Waals surface area contributed by atoms with E-state index in [0.29, 0.717) is 16.8 Å². The summed E-state index contributed by atoms with van der Waals surface area (Å²) >= 11 is 0. The van der Waals surface area contributed by atoms with E-state index < -0.39 is 10.0 Å². The molecule has 0 spiro atoms. The van der Waals surface area contributed by atoms with Crippen LogP contribution in [0.4, 0.5) is 5.69 Å². The van der Waals surface area contributed by atoms with Gasteiger partial charge in [-0.3, -0.25) is 4.79 Å². The highest BCUT2D eigenvalue weighted by atomic mass is 32.2. The van der Waals surface area contributed by atoms with Crippen molar-refractivity contribution in [2.45, 2.75) is 32.1 Å². The quantitative estimate of drug-likeness (QED) is 0.792. The predicted molar refractivity (Wildman–Crippen MR) is 83.6 cm³/mol. The van der Waals surface area contributed by atoms with Crippen LogP contribution in [-0.2, 0) is 14.8 Å². The minimum absolute atomic E-state index is 0.0616. The van der Waals surface area contributed by atoms with E-state index in [1.54, 1.807) is 34.0 Å². The van der Waals surface area contributed by atoms with Crippen LogP contribution in [0.15, 0.2) is 11.0 Å². The monoisotopic (exact) mass is 313 g/mol. The molecule has 0 saturated heterocycles. The molecular formula is C14H23N3O3S. The molecule has 0 aliphatic heterocycles. The first-order valence-electron chi connectivity index (χ1n) is 6.64. The third-order valence-electron chi connectivity index (χ3n) is 3.48. The number of benzene rings is 1. The summed E-state index contributed by atoms with van der Waals surface area (Å²) in [6.45, 7) is 5.31. The number of hydrogen-bond donors (Lipinski definition) is 2. The lowest BCUT2D eigenvalue weighted by Gasteiger charge is -2.16. The van der Waals surface area contributed by atoms with Crippen molar-refractivity contribution < 1.29 is 13.2 Å². The number of hydrogen-bond acceptors (Lipinski definition) is 4. The highest BCUT2D eigenvalue weighted by Crippen LogP contribution is 2.27. The van der Waals surface area contributed by atoms with Gasteiger partial charge in [-0.25, -0.2) is 13.1 Å². The Morgan fingerprint density at radius 3 is 2.33 bits per heavy atom. The van der Waals surface area contributed by atoms with Crippen molar-refractivity contribution in [3.63, 3.8) is 0 Å². The first kappa shape index (κ1) is 17.5. The fourth-order valence-corrected chi connectivity index (χ4v) is 3.63. The summed E-state index contributed by atoms with van der Waals surface area (Å²) in [5, 5.41) is 0. The van der Waals surface area contributed by atoms with E-state index in [1.165, 1.54) is 4.90 Å². The number of carbonyl (C=O) groups is 1. The van der Waals surface area contributed by atoms with Crippen molar-refractivity contribution in [3.05, 3.63) is 22.8 Å². The molecule has 0 unspecified atom stereocenters. The molecule has 0 radical (unpaired) electrons. The molecule has 7 heteroatoms. The van der Waals surface area contributed by atoms with E-state index in [0.717, 1.165) is 5.56 Å². The number of nitrogen functional groups attached to an aromatic ring is 1. The third-order valence-corrected chi connectivity index (χ3v) is 5.21. The Morgan fingerprint density at radius 1 is 1.24 bits per heavy atom. The van der Waals surface area contributed by atoms with E-state index >= 15 is 0 Å². The van der Waals surface area contributed by atoms with Crippen molar-refractivity contribution in [2.24, 2.45) is 0 Å². The number of nitrogens with zero attached hydrogens (tertiary/aromatic N) is 1. The Labute approximate surface area is 126 Å². The van der Waals surface area contributed by atoms with Crippen molar-refractivity contribution in [1.82, 2.24) is 9.62 Å². The van der Waals surface area contributed by atoms with Crippen LogP contribution in [0.2, 0.25) is 0 Å². The normalized spacial score (nSPS) is 11.5. The summed E-state index contributed by atoms with van der Waals surface area (Å²) in [5.74, 6) is -0.130. The first-order valence-corrected chi connectivity index (χ1v) is 8.12. The summed E-state index contributed by atoms with van der Waals surface area (Å²) < 4.78 is 27.3.